The van der Waals surface area contributed by atoms with Crippen LogP contribution in [0, 0.1) is 0 Å². The van der Waals surface area contributed by atoms with Gasteiger partial charge in [0.15, 0.2) is 0 Å². The van der Waals surface area contributed by atoms with Crippen molar-refractivity contribution in [2.24, 2.45) is 0 Å². The zero-order valence-electron chi connectivity index (χ0n) is 17.4. The second kappa shape index (κ2) is 13.8. The summed E-state index contributed by atoms with van der Waals surface area (Å²) in [5.74, 6) is -0.510. The van der Waals surface area contributed by atoms with Crippen LogP contribution < -0.4 is 61.2 Å². The van der Waals surface area contributed by atoms with Gasteiger partial charge >= 0.3 is 51.4 Å². The fraction of sp³-hybridized carbons (Fsp3) is 0.455. The maximum absolute atomic E-state index is 12.1. The van der Waals surface area contributed by atoms with Gasteiger partial charge in [0.05, 0.1) is 0 Å². The largest absolute Gasteiger partial charge is 1.00 e. The Morgan fingerprint density at radius 1 is 0.897 bits per heavy atom. The van der Waals surface area contributed by atoms with Crippen LogP contribution in [0.3, 0.4) is 0 Å². The predicted molar refractivity (Wildman–Crippen MR) is 109 cm³/mol. The zero-order valence-corrected chi connectivity index (χ0v) is 21.3. The maximum Gasteiger partial charge on any atom is 1.00 e. The molecule has 0 atom stereocenters. The second-order valence-corrected chi connectivity index (χ2v) is 8.38. The van der Waals surface area contributed by atoms with Crippen LogP contribution in [0.1, 0.15) is 63.9 Å². The Bertz CT molecular complexity index is 852. The van der Waals surface area contributed by atoms with Crippen molar-refractivity contribution in [3.8, 4) is 17.2 Å². The second-order valence-electron chi connectivity index (χ2n) is 6.99. The normalized spacial score (nSPS) is 11.1. The molecule has 0 heterocycles. The van der Waals surface area contributed by atoms with E-state index in [2.05, 4.69) is 6.92 Å². The van der Waals surface area contributed by atoms with E-state index in [4.69, 9.17) is 4.74 Å². The first-order valence-electron chi connectivity index (χ1n) is 9.96. The molecule has 154 valence electrons. The van der Waals surface area contributed by atoms with Crippen molar-refractivity contribution >= 4 is 10.1 Å². The Balaban J connectivity index is 0.00000420. The summed E-state index contributed by atoms with van der Waals surface area (Å²) >= 11 is 0. The molecule has 0 spiro atoms. The summed E-state index contributed by atoms with van der Waals surface area (Å²) in [6.45, 7) is 2.21. The molecule has 0 aliphatic heterocycles. The van der Waals surface area contributed by atoms with Gasteiger partial charge < -0.3 is 9.84 Å². The average molecular weight is 445 g/mol. The number of hydrogen-bond donors (Lipinski definition) is 1. The minimum atomic E-state index is -4.55. The summed E-state index contributed by atoms with van der Waals surface area (Å²) in [5.41, 5.74) is 0.915. The van der Waals surface area contributed by atoms with E-state index in [1.807, 2.05) is 12.1 Å². The summed E-state index contributed by atoms with van der Waals surface area (Å²) < 4.78 is 38.2. The predicted octanol–water partition coefficient (Wildman–Crippen LogP) is 2.49. The van der Waals surface area contributed by atoms with Crippen molar-refractivity contribution in [3.63, 3.8) is 0 Å². The standard InChI is InChI=1S/C22H30O5S.K/c1-2-3-4-5-6-7-8-9-13-18-14-10-11-16-20(18)27-22-19(23)15-12-17-21(22)28(24,25)26;/h10-12,14-17,23H,2-9,13H2,1H3,(H,24,25,26);/q;+1/p-1. The number of hydrogen-bond acceptors (Lipinski definition) is 4. The van der Waals surface area contributed by atoms with Crippen LogP contribution in [0.4, 0.5) is 0 Å². The quantitative estimate of drug-likeness (QED) is 0.309. The van der Waals surface area contributed by atoms with Gasteiger partial charge in [0.1, 0.15) is 16.4 Å². The summed E-state index contributed by atoms with van der Waals surface area (Å²) in [4.78, 5) is -0.512. The molecular weight excluding hydrogens is 415 g/mol. The molecule has 2 aromatic rings. The van der Waals surface area contributed by atoms with E-state index in [0.29, 0.717) is 5.75 Å². The first kappa shape index (κ1) is 26.6. The van der Waals surface area contributed by atoms with Crippen LogP contribution in [0.25, 0.3) is 0 Å². The number of rotatable bonds is 12. The Kier molecular flexibility index (Phi) is 12.7. The Labute approximate surface area is 217 Å². The summed E-state index contributed by atoms with van der Waals surface area (Å²) in [5, 5.41) is 12.1. The van der Waals surface area contributed by atoms with Gasteiger partial charge in [0.25, 0.3) is 10.1 Å². The molecule has 0 aliphatic carbocycles. The number of benzene rings is 2. The Hall–Kier alpha value is -0.414. The first-order chi connectivity index (χ1) is 13.4. The van der Waals surface area contributed by atoms with Crippen LogP contribution in [0.15, 0.2) is 47.4 Å². The Morgan fingerprint density at radius 3 is 2.17 bits per heavy atom. The van der Waals surface area contributed by atoms with Crippen molar-refractivity contribution in [2.45, 2.75) is 69.6 Å². The van der Waals surface area contributed by atoms with Crippen molar-refractivity contribution in [1.82, 2.24) is 0 Å². The molecule has 0 saturated carbocycles. The van der Waals surface area contributed by atoms with Crippen LogP contribution in [0.5, 0.6) is 17.2 Å². The van der Waals surface area contributed by atoms with Gasteiger partial charge in [-0.25, -0.2) is 0 Å². The average Bonchev–Trinajstić information content (AvgIpc) is 2.65. The van der Waals surface area contributed by atoms with Gasteiger partial charge in [-0.05, 0) is 30.5 Å². The molecule has 0 radical (unpaired) electrons. The van der Waals surface area contributed by atoms with E-state index < -0.39 is 20.8 Å². The van der Waals surface area contributed by atoms with Crippen molar-refractivity contribution < 1.29 is 74.2 Å². The molecule has 1 N–H and O–H groups in total. The van der Waals surface area contributed by atoms with Crippen molar-refractivity contribution in [2.75, 3.05) is 0 Å². The van der Waals surface area contributed by atoms with E-state index in [9.17, 15) is 18.1 Å². The monoisotopic (exact) mass is 444 g/mol. The smallest absolute Gasteiger partial charge is 0.870 e. The van der Waals surface area contributed by atoms with Crippen molar-refractivity contribution in [1.29, 1.82) is 0 Å². The van der Waals surface area contributed by atoms with Crippen molar-refractivity contribution in [3.05, 3.63) is 48.0 Å². The summed E-state index contributed by atoms with van der Waals surface area (Å²) in [6.07, 6.45) is 10.5. The molecule has 2 aromatic carbocycles. The third kappa shape index (κ3) is 9.08. The van der Waals surface area contributed by atoms with E-state index in [-0.39, 0.29) is 57.1 Å². The molecule has 0 aromatic heterocycles. The van der Waals surface area contributed by atoms with Gasteiger partial charge in [-0.1, -0.05) is 88.0 Å². The molecular formula is C22H29KO5S. The summed E-state index contributed by atoms with van der Waals surface area (Å²) in [6, 6.07) is 10.9. The molecule has 0 aliphatic rings. The molecule has 0 fully saturated rings. The molecule has 2 rings (SSSR count). The Morgan fingerprint density at radius 2 is 1.52 bits per heavy atom. The fourth-order valence-electron chi connectivity index (χ4n) is 3.17. The van der Waals surface area contributed by atoms with Crippen LogP contribution in [-0.2, 0) is 16.5 Å². The minimum absolute atomic E-state index is 0. The molecule has 0 saturated heterocycles. The molecule has 5 nitrogen and oxygen atoms in total. The van der Waals surface area contributed by atoms with E-state index in [1.54, 1.807) is 12.1 Å². The molecule has 0 bridgehead atoms. The minimum Gasteiger partial charge on any atom is -0.870 e. The molecule has 29 heavy (non-hydrogen) atoms. The van der Waals surface area contributed by atoms with Gasteiger partial charge in [-0.2, -0.15) is 8.42 Å². The van der Waals surface area contributed by atoms with E-state index in [1.165, 1.54) is 50.7 Å². The first-order valence-corrected chi connectivity index (χ1v) is 11.4. The van der Waals surface area contributed by atoms with Gasteiger partial charge in [0, 0.05) is 0 Å². The van der Waals surface area contributed by atoms with E-state index >= 15 is 0 Å². The maximum atomic E-state index is 12.1. The van der Waals surface area contributed by atoms with E-state index in [0.717, 1.165) is 30.9 Å². The number of aryl methyl sites for hydroxylation is 1. The van der Waals surface area contributed by atoms with Gasteiger partial charge in [-0.15, -0.1) is 0 Å². The number of ether oxygens (including phenoxy) is 1. The van der Waals surface area contributed by atoms with Crippen LogP contribution in [-0.4, -0.2) is 13.0 Å². The topological polar surface area (TPSA) is 86.7 Å². The van der Waals surface area contributed by atoms with Gasteiger partial charge in [0.2, 0.25) is 0 Å². The van der Waals surface area contributed by atoms with Crippen LogP contribution >= 0.6 is 0 Å². The molecule has 7 heteroatoms. The fourth-order valence-corrected chi connectivity index (χ4v) is 3.80. The molecule has 0 unspecified atom stereocenters. The summed E-state index contributed by atoms with van der Waals surface area (Å²) in [7, 11) is -4.55. The number of unbranched alkanes of at least 4 members (excludes halogenated alkanes) is 7. The SMILES string of the molecule is CCCCCCCCCCc1ccccc1Oc1c([O-])cccc1S(=O)(=O)O.[K+]. The third-order valence-electron chi connectivity index (χ3n) is 4.70. The van der Waals surface area contributed by atoms with Gasteiger partial charge in [-0.3, -0.25) is 4.55 Å². The third-order valence-corrected chi connectivity index (χ3v) is 5.58. The molecule has 0 amide bonds. The number of para-hydroxylation sites is 2. The zero-order chi connectivity index (χ0) is 20.4. The van der Waals surface area contributed by atoms with Crippen LogP contribution in [0.2, 0.25) is 0 Å².